The molecule has 0 unspecified atom stereocenters. The standard InChI is InChI=1S/C41H25N3O/c1-2-10-29(11-3-1)40-43-44-41(45-40)30-24-20-27(21-25-30)26-18-22-28(23-19-26)39-38-34-15-7-5-13-32(34)31-12-4-6-14-33(31)37(38)35-16-8-9-17-36(35)42-39/h1-25H. The average molecular weight is 576 g/mol. The second kappa shape index (κ2) is 10.2. The minimum Gasteiger partial charge on any atom is -0.416 e. The van der Waals surface area contributed by atoms with Gasteiger partial charge in [-0.05, 0) is 63.0 Å². The van der Waals surface area contributed by atoms with E-state index in [9.17, 15) is 0 Å². The van der Waals surface area contributed by atoms with Gasteiger partial charge >= 0.3 is 0 Å². The zero-order valence-corrected chi connectivity index (χ0v) is 24.2. The second-order valence-corrected chi connectivity index (χ2v) is 11.3. The first-order chi connectivity index (χ1) is 22.3. The van der Waals surface area contributed by atoms with E-state index in [0.29, 0.717) is 11.8 Å². The van der Waals surface area contributed by atoms with E-state index in [2.05, 4.69) is 119 Å². The number of hydrogen-bond acceptors (Lipinski definition) is 4. The summed E-state index contributed by atoms with van der Waals surface area (Å²) in [5.74, 6) is 1.02. The fraction of sp³-hybridized carbons (Fsp3) is 0. The van der Waals surface area contributed by atoms with Crippen molar-refractivity contribution in [3.05, 3.63) is 152 Å². The summed E-state index contributed by atoms with van der Waals surface area (Å²) in [4.78, 5) is 5.28. The number of aromatic nitrogens is 3. The third-order valence-corrected chi connectivity index (χ3v) is 8.64. The molecular weight excluding hydrogens is 550 g/mol. The third-order valence-electron chi connectivity index (χ3n) is 8.64. The molecule has 0 saturated heterocycles. The predicted octanol–water partition coefficient (Wildman–Crippen LogP) is 10.7. The summed E-state index contributed by atoms with van der Waals surface area (Å²) in [6.07, 6.45) is 0. The molecule has 2 aromatic heterocycles. The van der Waals surface area contributed by atoms with Gasteiger partial charge in [-0.3, -0.25) is 0 Å². The van der Waals surface area contributed by atoms with Gasteiger partial charge in [0.25, 0.3) is 0 Å². The molecule has 0 amide bonds. The van der Waals surface area contributed by atoms with Gasteiger partial charge in [0.05, 0.1) is 11.2 Å². The normalized spacial score (nSPS) is 11.6. The lowest BCUT2D eigenvalue weighted by molar-refractivity contribution is 0.584. The van der Waals surface area contributed by atoms with Crippen molar-refractivity contribution in [2.45, 2.75) is 0 Å². The van der Waals surface area contributed by atoms with E-state index in [1.807, 2.05) is 42.5 Å². The van der Waals surface area contributed by atoms with Crippen molar-refractivity contribution in [1.82, 2.24) is 15.2 Å². The average Bonchev–Trinajstić information content (AvgIpc) is 3.62. The number of nitrogens with zero attached hydrogens (tertiary/aromatic N) is 3. The van der Waals surface area contributed by atoms with Crippen molar-refractivity contribution in [2.75, 3.05) is 0 Å². The highest BCUT2D eigenvalue weighted by Gasteiger charge is 2.17. The SMILES string of the molecule is c1ccc(-c2nnc(-c3ccc(-c4ccc(-c5nc6ccccc6c6c7ccccc7c7ccccc7c56)cc4)cc3)o2)cc1. The zero-order valence-electron chi connectivity index (χ0n) is 24.2. The van der Waals surface area contributed by atoms with Gasteiger partial charge in [0.1, 0.15) is 0 Å². The highest BCUT2D eigenvalue weighted by Crippen LogP contribution is 2.42. The molecule has 7 aromatic carbocycles. The largest absolute Gasteiger partial charge is 0.416 e. The number of pyridine rings is 1. The van der Waals surface area contributed by atoms with E-state index in [1.54, 1.807) is 0 Å². The molecule has 4 nitrogen and oxygen atoms in total. The Morgan fingerprint density at radius 3 is 1.40 bits per heavy atom. The third kappa shape index (κ3) is 4.19. The number of hydrogen-bond donors (Lipinski definition) is 0. The number of para-hydroxylation sites is 1. The van der Waals surface area contributed by atoms with Gasteiger partial charge in [0.15, 0.2) is 0 Å². The van der Waals surface area contributed by atoms with E-state index in [0.717, 1.165) is 39.0 Å². The molecule has 0 atom stereocenters. The molecule has 0 radical (unpaired) electrons. The van der Waals surface area contributed by atoms with Gasteiger partial charge in [0, 0.05) is 32.8 Å². The van der Waals surface area contributed by atoms with Crippen LogP contribution in [0.15, 0.2) is 156 Å². The minimum atomic E-state index is 0.504. The molecule has 0 aliphatic carbocycles. The molecule has 0 bridgehead atoms. The first kappa shape index (κ1) is 25.4. The minimum absolute atomic E-state index is 0.504. The molecule has 0 saturated carbocycles. The smallest absolute Gasteiger partial charge is 0.248 e. The Labute approximate surface area is 259 Å². The summed E-state index contributed by atoms with van der Waals surface area (Å²) < 4.78 is 5.96. The van der Waals surface area contributed by atoms with E-state index in [4.69, 9.17) is 9.40 Å². The Morgan fingerprint density at radius 2 is 0.778 bits per heavy atom. The Kier molecular flexibility index (Phi) is 5.78. The fourth-order valence-corrected chi connectivity index (χ4v) is 6.50. The molecule has 4 heteroatoms. The van der Waals surface area contributed by atoms with Gasteiger partial charge < -0.3 is 4.42 Å². The monoisotopic (exact) mass is 575 g/mol. The first-order valence-electron chi connectivity index (χ1n) is 15.0. The molecule has 210 valence electrons. The fourth-order valence-electron chi connectivity index (χ4n) is 6.50. The van der Waals surface area contributed by atoms with Gasteiger partial charge in [0.2, 0.25) is 11.8 Å². The molecule has 0 spiro atoms. The summed E-state index contributed by atoms with van der Waals surface area (Å²) in [5, 5.41) is 17.1. The Morgan fingerprint density at radius 1 is 0.333 bits per heavy atom. The van der Waals surface area contributed by atoms with Crippen LogP contribution in [0.1, 0.15) is 0 Å². The summed E-state index contributed by atoms with van der Waals surface area (Å²) in [5.41, 5.74) is 7.11. The summed E-state index contributed by atoms with van der Waals surface area (Å²) >= 11 is 0. The maximum absolute atomic E-state index is 5.96. The van der Waals surface area contributed by atoms with Crippen molar-refractivity contribution in [1.29, 1.82) is 0 Å². The lowest BCUT2D eigenvalue weighted by Gasteiger charge is -2.16. The predicted molar refractivity (Wildman–Crippen MR) is 184 cm³/mol. The van der Waals surface area contributed by atoms with Gasteiger partial charge in [-0.2, -0.15) is 0 Å². The quantitative estimate of drug-likeness (QED) is 0.196. The molecule has 0 aliphatic rings. The summed E-state index contributed by atoms with van der Waals surface area (Å²) in [6.45, 7) is 0. The highest BCUT2D eigenvalue weighted by molar-refractivity contribution is 6.33. The second-order valence-electron chi connectivity index (χ2n) is 11.3. The van der Waals surface area contributed by atoms with Crippen LogP contribution in [-0.4, -0.2) is 15.2 Å². The van der Waals surface area contributed by atoms with Gasteiger partial charge in [-0.15, -0.1) is 10.2 Å². The van der Waals surface area contributed by atoms with Gasteiger partial charge in [-0.1, -0.05) is 121 Å². The van der Waals surface area contributed by atoms with Crippen molar-refractivity contribution in [3.8, 4) is 45.3 Å². The molecule has 9 rings (SSSR count). The molecule has 0 N–H and O–H groups in total. The zero-order chi connectivity index (χ0) is 29.7. The lowest BCUT2D eigenvalue weighted by Crippen LogP contribution is -1.93. The Balaban J connectivity index is 1.14. The van der Waals surface area contributed by atoms with E-state index in [-0.39, 0.29) is 0 Å². The van der Waals surface area contributed by atoms with E-state index in [1.165, 1.54) is 37.7 Å². The molecule has 0 fully saturated rings. The van der Waals surface area contributed by atoms with Crippen molar-refractivity contribution in [2.24, 2.45) is 0 Å². The van der Waals surface area contributed by atoms with Crippen LogP contribution < -0.4 is 0 Å². The van der Waals surface area contributed by atoms with Crippen molar-refractivity contribution >= 4 is 43.2 Å². The maximum atomic E-state index is 5.96. The molecule has 0 aliphatic heterocycles. The van der Waals surface area contributed by atoms with Crippen LogP contribution in [-0.2, 0) is 0 Å². The molecular formula is C41H25N3O. The van der Waals surface area contributed by atoms with Crippen LogP contribution >= 0.6 is 0 Å². The Bertz CT molecular complexity index is 2520. The van der Waals surface area contributed by atoms with E-state index >= 15 is 0 Å². The van der Waals surface area contributed by atoms with Crippen LogP contribution in [0.25, 0.3) is 88.5 Å². The van der Waals surface area contributed by atoms with Gasteiger partial charge in [-0.25, -0.2) is 4.98 Å². The van der Waals surface area contributed by atoms with Crippen molar-refractivity contribution in [3.63, 3.8) is 0 Å². The summed E-state index contributed by atoms with van der Waals surface area (Å²) in [6, 6.07) is 52.7. The number of fused-ring (bicyclic) bond motifs is 8. The topological polar surface area (TPSA) is 51.8 Å². The number of rotatable bonds is 4. The van der Waals surface area contributed by atoms with Crippen LogP contribution in [0.3, 0.4) is 0 Å². The van der Waals surface area contributed by atoms with Crippen LogP contribution in [0.4, 0.5) is 0 Å². The van der Waals surface area contributed by atoms with E-state index < -0.39 is 0 Å². The molecule has 9 aromatic rings. The molecule has 2 heterocycles. The first-order valence-corrected chi connectivity index (χ1v) is 15.0. The van der Waals surface area contributed by atoms with Crippen LogP contribution in [0.2, 0.25) is 0 Å². The highest BCUT2D eigenvalue weighted by atomic mass is 16.4. The Hall–Kier alpha value is -6.13. The van der Waals surface area contributed by atoms with Crippen LogP contribution in [0.5, 0.6) is 0 Å². The number of benzene rings is 7. The molecule has 45 heavy (non-hydrogen) atoms. The lowest BCUT2D eigenvalue weighted by atomic mass is 9.89. The van der Waals surface area contributed by atoms with Crippen LogP contribution in [0, 0.1) is 0 Å². The van der Waals surface area contributed by atoms with Crippen molar-refractivity contribution < 1.29 is 4.42 Å². The maximum Gasteiger partial charge on any atom is 0.248 e. The summed E-state index contributed by atoms with van der Waals surface area (Å²) in [7, 11) is 0.